The Kier molecular flexibility index (Phi) is 1610. The van der Waals surface area contributed by atoms with Crippen LogP contribution in [-0.2, 0) is 34.7 Å². The Balaban J connectivity index is 0. The largest absolute Gasteiger partial charge is 1.00 e. The molecule has 0 unspecified atom stereocenters. The van der Waals surface area contributed by atoms with Crippen molar-refractivity contribution in [3.05, 3.63) is 0 Å². The third kappa shape index (κ3) is 103. The normalized spacial score (nSPS) is 0. The monoisotopic (exact) mass is 494 g/mol. The summed E-state index contributed by atoms with van der Waals surface area (Å²) >= 11 is 0. The van der Waals surface area contributed by atoms with Gasteiger partial charge < -0.3 is 38.3 Å². The maximum Gasteiger partial charge on any atom is 1.00 e. The van der Waals surface area contributed by atoms with Crippen LogP contribution in [-0.4, -0.2) is 38.3 Å². The van der Waals surface area contributed by atoms with Crippen molar-refractivity contribution < 1.29 is 211 Å². The maximum absolute atomic E-state index is 0. The van der Waals surface area contributed by atoms with Crippen molar-refractivity contribution >= 4 is 0 Å². The Morgan fingerprint density at radius 1 is 0.364 bits per heavy atom. The molecule has 0 amide bonds. The molecule has 68 valence electrons. The van der Waals surface area contributed by atoms with Crippen molar-refractivity contribution in [1.29, 1.82) is 0 Å². The van der Waals surface area contributed by atoms with E-state index in [1.165, 1.54) is 0 Å². The molecule has 0 aromatic heterocycles. The smallest absolute Gasteiger partial charge is 0.870 e. The van der Waals surface area contributed by atoms with Crippen molar-refractivity contribution in [3.8, 4) is 0 Å². The van der Waals surface area contributed by atoms with Crippen LogP contribution in [0.2, 0.25) is 0 Å². The second-order valence-electron chi connectivity index (χ2n) is 0. The second-order valence-corrected chi connectivity index (χ2v) is 0. The van der Waals surface area contributed by atoms with Gasteiger partial charge in [0.05, 0.1) is 0 Å². The molecule has 0 atom stereocenters. The SMILES string of the molecule is O.O.O.O.O.[Cr].[Cr].[Cs+].[Cs+].[OH-].[OH-]. The van der Waals surface area contributed by atoms with Gasteiger partial charge in [-0.3, -0.25) is 0 Å². The summed E-state index contributed by atoms with van der Waals surface area (Å²) in [4.78, 5) is 0. The number of hydrogen-bond acceptors (Lipinski definition) is 2. The summed E-state index contributed by atoms with van der Waals surface area (Å²) < 4.78 is 0. The molecule has 0 aromatic rings. The molecule has 0 aliphatic carbocycles. The molecule has 0 rings (SSSR count). The fourth-order valence-electron chi connectivity index (χ4n) is 0. The summed E-state index contributed by atoms with van der Waals surface area (Å²) in [5.74, 6) is 0. The first-order valence-electron chi connectivity index (χ1n) is 0. The molecule has 0 aliphatic rings. The zero-order chi connectivity index (χ0) is 0. The molecule has 0 aromatic carbocycles. The minimum absolute atomic E-state index is 0. The third-order valence-electron chi connectivity index (χ3n) is 0. The molecule has 12 N–H and O–H groups in total. The zero-order valence-electron chi connectivity index (χ0n) is 6.21. The minimum atomic E-state index is 0. The van der Waals surface area contributed by atoms with E-state index in [1.807, 2.05) is 0 Å². The summed E-state index contributed by atoms with van der Waals surface area (Å²) in [5, 5.41) is 0. The van der Waals surface area contributed by atoms with Crippen molar-refractivity contribution in [2.24, 2.45) is 0 Å². The first-order chi connectivity index (χ1) is 0. The summed E-state index contributed by atoms with van der Waals surface area (Å²) in [5.41, 5.74) is 0. The average molecular weight is 494 g/mol. The molecule has 0 aliphatic heterocycles. The van der Waals surface area contributed by atoms with Crippen LogP contribution in [0.4, 0.5) is 0 Å². The van der Waals surface area contributed by atoms with E-state index in [0.717, 1.165) is 0 Å². The van der Waals surface area contributed by atoms with E-state index in [0.29, 0.717) is 0 Å². The minimum Gasteiger partial charge on any atom is -0.870 e. The molecule has 0 fully saturated rings. The summed E-state index contributed by atoms with van der Waals surface area (Å²) in [6, 6.07) is 0. The van der Waals surface area contributed by atoms with Crippen LogP contribution < -0.4 is 138 Å². The van der Waals surface area contributed by atoms with Gasteiger partial charge in [-0.15, -0.1) is 0 Å². The maximum atomic E-state index is 0. The predicted molar refractivity (Wildman–Crippen MR) is 21.9 cm³/mol. The molecule has 0 bridgehead atoms. The molecular weight excluding hydrogens is 482 g/mol. The first kappa shape index (κ1) is 147. The molecule has 0 saturated heterocycles. The quantitative estimate of drug-likeness (QED) is 0.321. The van der Waals surface area contributed by atoms with Crippen LogP contribution in [0.5, 0.6) is 0 Å². The Hall–Kier alpha value is 4.89. The van der Waals surface area contributed by atoms with Crippen LogP contribution in [0.15, 0.2) is 0 Å². The van der Waals surface area contributed by atoms with Crippen molar-refractivity contribution in [2.45, 2.75) is 0 Å². The van der Waals surface area contributed by atoms with Gasteiger partial charge in [0.2, 0.25) is 0 Å². The van der Waals surface area contributed by atoms with Gasteiger partial charge >= 0.3 is 138 Å². The van der Waals surface area contributed by atoms with Crippen LogP contribution in [0, 0.1) is 0 Å². The van der Waals surface area contributed by atoms with Gasteiger partial charge in [-0.05, 0) is 0 Å². The Labute approximate surface area is 204 Å². The van der Waals surface area contributed by atoms with Crippen molar-refractivity contribution in [2.75, 3.05) is 0 Å². The standard InChI is InChI=1S/2Cr.2Cs.7H2O/h;;;;7*1H2/q;;2*+1;;;;;;;/p-2. The summed E-state index contributed by atoms with van der Waals surface area (Å²) in [7, 11) is 0. The topological polar surface area (TPSA) is 218 Å². The molecule has 11 heteroatoms. The van der Waals surface area contributed by atoms with E-state index < -0.39 is 0 Å². The van der Waals surface area contributed by atoms with Gasteiger partial charge in [0.15, 0.2) is 0 Å². The summed E-state index contributed by atoms with van der Waals surface area (Å²) in [6.07, 6.45) is 0. The predicted octanol–water partition coefficient (Wildman–Crippen LogP) is -10.5. The molecule has 11 heavy (non-hydrogen) atoms. The molecule has 0 radical (unpaired) electrons. The van der Waals surface area contributed by atoms with Gasteiger partial charge in [-0.25, -0.2) is 0 Å². The van der Waals surface area contributed by atoms with E-state index >= 15 is 0 Å². The summed E-state index contributed by atoms with van der Waals surface area (Å²) in [6.45, 7) is 0. The fourth-order valence-corrected chi connectivity index (χ4v) is 0. The second kappa shape index (κ2) is 120. The van der Waals surface area contributed by atoms with Crippen molar-refractivity contribution in [1.82, 2.24) is 0 Å². The van der Waals surface area contributed by atoms with E-state index in [-0.39, 0.29) is 211 Å². The molecular formula is H12Cr2Cs2O7. The van der Waals surface area contributed by atoms with Crippen molar-refractivity contribution in [3.63, 3.8) is 0 Å². The van der Waals surface area contributed by atoms with Crippen LogP contribution in [0.1, 0.15) is 0 Å². The number of rotatable bonds is 0. The Morgan fingerprint density at radius 3 is 0.364 bits per heavy atom. The Morgan fingerprint density at radius 2 is 0.364 bits per heavy atom. The van der Waals surface area contributed by atoms with Crippen LogP contribution in [0.25, 0.3) is 0 Å². The molecule has 0 heterocycles. The van der Waals surface area contributed by atoms with E-state index in [2.05, 4.69) is 0 Å². The first-order valence-corrected chi connectivity index (χ1v) is 0. The third-order valence-corrected chi connectivity index (χ3v) is 0. The van der Waals surface area contributed by atoms with Gasteiger partial charge in [0.1, 0.15) is 0 Å². The van der Waals surface area contributed by atoms with Crippen LogP contribution in [0.3, 0.4) is 0 Å². The van der Waals surface area contributed by atoms with Gasteiger partial charge in [-0.2, -0.15) is 0 Å². The van der Waals surface area contributed by atoms with Crippen LogP contribution >= 0.6 is 0 Å². The van der Waals surface area contributed by atoms with E-state index in [4.69, 9.17) is 0 Å². The van der Waals surface area contributed by atoms with E-state index in [1.54, 1.807) is 0 Å². The molecule has 7 nitrogen and oxygen atoms in total. The van der Waals surface area contributed by atoms with E-state index in [9.17, 15) is 0 Å². The van der Waals surface area contributed by atoms with Gasteiger partial charge in [0.25, 0.3) is 0 Å². The van der Waals surface area contributed by atoms with Gasteiger partial charge in [-0.1, -0.05) is 0 Å². The molecule has 0 spiro atoms. The van der Waals surface area contributed by atoms with Gasteiger partial charge in [0, 0.05) is 34.7 Å². The number of hydrogen-bond donors (Lipinski definition) is 0. The fraction of sp³-hybridized carbons (Fsp3) is 0. The Bertz CT molecular complexity index is 14.4. The average Bonchev–Trinajstić information content (AvgIpc) is 0. The zero-order valence-corrected chi connectivity index (χ0v) is 21.3. The molecule has 0 saturated carbocycles.